The summed E-state index contributed by atoms with van der Waals surface area (Å²) in [5.41, 5.74) is 2.89. The molecule has 1 unspecified atom stereocenters. The molecule has 1 fully saturated rings. The molecule has 3 N–H and O–H groups in total. The van der Waals surface area contributed by atoms with Gasteiger partial charge in [-0.15, -0.1) is 0 Å². The normalized spacial score (nSPS) is 24.1. The van der Waals surface area contributed by atoms with Gasteiger partial charge in [-0.1, -0.05) is 30.3 Å². The Morgan fingerprint density at radius 2 is 1.68 bits per heavy atom. The van der Waals surface area contributed by atoms with Crippen LogP contribution in [0.15, 0.2) is 58.2 Å². The van der Waals surface area contributed by atoms with Crippen molar-refractivity contribution in [2.75, 3.05) is 18.8 Å². The number of hydrogen-bond acceptors (Lipinski definition) is 4. The van der Waals surface area contributed by atoms with Crippen molar-refractivity contribution in [2.24, 2.45) is 0 Å². The monoisotopic (exact) mass is 399 g/mol. The molecule has 1 aromatic heterocycles. The van der Waals surface area contributed by atoms with Gasteiger partial charge < -0.3 is 4.98 Å². The number of fused-ring (bicyclic) bond motifs is 2. The van der Waals surface area contributed by atoms with E-state index >= 15 is 0 Å². The van der Waals surface area contributed by atoms with Crippen LogP contribution in [0.5, 0.6) is 0 Å². The number of H-pyrrole nitrogens is 1. The molecule has 0 amide bonds. The van der Waals surface area contributed by atoms with Crippen molar-refractivity contribution in [1.29, 1.82) is 0 Å². The van der Waals surface area contributed by atoms with E-state index < -0.39 is 10.6 Å². The zero-order chi connectivity index (χ0) is 19.3. The maximum Gasteiger partial charge on any atom is 0.326 e. The Morgan fingerprint density at radius 3 is 2.50 bits per heavy atom. The van der Waals surface area contributed by atoms with E-state index in [2.05, 4.69) is 9.88 Å². The molecule has 28 heavy (non-hydrogen) atoms. The van der Waals surface area contributed by atoms with Crippen LogP contribution < -0.4 is 5.69 Å². The molecule has 0 radical (unpaired) electrons. The summed E-state index contributed by atoms with van der Waals surface area (Å²) in [6.45, 7) is 1.80. The van der Waals surface area contributed by atoms with Crippen molar-refractivity contribution < 1.29 is 9.11 Å². The number of benzene rings is 2. The molecule has 2 aliphatic heterocycles. The van der Waals surface area contributed by atoms with Crippen molar-refractivity contribution in [3.05, 3.63) is 64.6 Å². The predicted molar refractivity (Wildman–Crippen MR) is 112 cm³/mol. The molecule has 3 aromatic rings. The third-order valence-corrected chi connectivity index (χ3v) is 8.12. The number of hydrogen-bond donors (Lipinski definition) is 3. The average molecular weight is 400 g/mol. The number of piperidine rings is 1. The number of nitrogens with one attached hydrogen (secondary N) is 1. The lowest BCUT2D eigenvalue weighted by atomic mass is 9.97. The first-order valence-electron chi connectivity index (χ1n) is 9.83. The molecule has 6 nitrogen and oxygen atoms in total. The van der Waals surface area contributed by atoms with Gasteiger partial charge in [0.25, 0.3) is 0 Å². The van der Waals surface area contributed by atoms with E-state index in [0.717, 1.165) is 48.9 Å². The molecule has 5 rings (SSSR count). The third kappa shape index (κ3) is 2.90. The Morgan fingerprint density at radius 1 is 0.964 bits per heavy atom. The van der Waals surface area contributed by atoms with Gasteiger partial charge in [-0.05, 0) is 43.0 Å². The van der Waals surface area contributed by atoms with E-state index in [1.165, 1.54) is 0 Å². The fourth-order valence-electron chi connectivity index (χ4n) is 4.87. The molecule has 1 atom stereocenters. The van der Waals surface area contributed by atoms with Crippen LogP contribution in [0.3, 0.4) is 0 Å². The standard InChI is InChI=1S/C21H25N3O3S/c25-21-22-17-6-2-3-7-19(17)24(21)15-9-12-23(13-10-15)18-11-14-28(26,27)20-8-4-1-5-16(18)20/h1-8,15,18,26-27H,9-14H2,(H,22,25). The topological polar surface area (TPSA) is 81.5 Å². The van der Waals surface area contributed by atoms with Gasteiger partial charge in [-0.25, -0.2) is 4.79 Å². The first kappa shape index (κ1) is 18.0. The molecular weight excluding hydrogens is 374 g/mol. The minimum absolute atomic E-state index is 0.0309. The van der Waals surface area contributed by atoms with E-state index in [9.17, 15) is 13.9 Å². The number of nitrogens with zero attached hydrogens (tertiary/aromatic N) is 2. The van der Waals surface area contributed by atoms with Crippen LogP contribution in [0.2, 0.25) is 0 Å². The summed E-state index contributed by atoms with van der Waals surface area (Å²) in [6.07, 6.45) is 2.59. The van der Waals surface area contributed by atoms with Crippen molar-refractivity contribution in [3.8, 4) is 0 Å². The zero-order valence-electron chi connectivity index (χ0n) is 15.6. The summed E-state index contributed by atoms with van der Waals surface area (Å²) in [5.74, 6) is 0.427. The predicted octanol–water partition coefficient (Wildman–Crippen LogP) is 4.22. The number of aromatic nitrogens is 2. The summed E-state index contributed by atoms with van der Waals surface area (Å²) < 4.78 is 22.8. The van der Waals surface area contributed by atoms with Crippen LogP contribution in [0.4, 0.5) is 0 Å². The lowest BCUT2D eigenvalue weighted by molar-refractivity contribution is 0.128. The van der Waals surface area contributed by atoms with Crippen molar-refractivity contribution in [3.63, 3.8) is 0 Å². The fourth-order valence-corrected chi connectivity index (χ4v) is 6.52. The van der Waals surface area contributed by atoms with Crippen molar-refractivity contribution in [2.45, 2.75) is 36.2 Å². The Labute approximate surface area is 165 Å². The Kier molecular flexibility index (Phi) is 4.35. The van der Waals surface area contributed by atoms with Crippen LogP contribution in [-0.4, -0.2) is 42.4 Å². The van der Waals surface area contributed by atoms with Gasteiger partial charge in [0, 0.05) is 30.9 Å². The number of imidazole rings is 1. The summed E-state index contributed by atoms with van der Waals surface area (Å²) in [6, 6.07) is 16.0. The van der Waals surface area contributed by atoms with E-state index in [-0.39, 0.29) is 17.8 Å². The molecule has 0 saturated carbocycles. The SMILES string of the molecule is O=c1[nH]c2ccccc2n1C1CCN(C2CCS(O)(O)c3ccccc32)CC1. The molecule has 3 heterocycles. The van der Waals surface area contributed by atoms with Crippen LogP contribution in [-0.2, 0) is 0 Å². The molecule has 7 heteroatoms. The van der Waals surface area contributed by atoms with Gasteiger partial charge in [0.05, 0.1) is 15.9 Å². The number of likely N-dealkylation sites (tertiary alicyclic amines) is 1. The molecule has 2 aromatic carbocycles. The van der Waals surface area contributed by atoms with Gasteiger partial charge in [-0.2, -0.15) is 10.6 Å². The number of para-hydroxylation sites is 2. The van der Waals surface area contributed by atoms with Crippen LogP contribution in [0.1, 0.15) is 36.9 Å². The number of rotatable bonds is 2. The maximum atomic E-state index is 12.5. The lowest BCUT2D eigenvalue weighted by Gasteiger charge is -2.46. The maximum absolute atomic E-state index is 12.5. The minimum Gasteiger partial charge on any atom is -0.306 e. The highest BCUT2D eigenvalue weighted by Crippen LogP contribution is 2.56. The molecule has 2 aliphatic rings. The summed E-state index contributed by atoms with van der Waals surface area (Å²) in [7, 11) is -2.67. The Balaban J connectivity index is 1.38. The fraction of sp³-hybridized carbons (Fsp3) is 0.381. The van der Waals surface area contributed by atoms with E-state index in [4.69, 9.17) is 0 Å². The highest BCUT2D eigenvalue weighted by Gasteiger charge is 2.35. The van der Waals surface area contributed by atoms with Crippen molar-refractivity contribution in [1.82, 2.24) is 14.5 Å². The molecule has 1 saturated heterocycles. The number of aromatic amines is 1. The van der Waals surface area contributed by atoms with E-state index in [1.54, 1.807) is 0 Å². The van der Waals surface area contributed by atoms with Gasteiger partial charge in [0.2, 0.25) is 0 Å². The second-order valence-electron chi connectivity index (χ2n) is 7.80. The quantitative estimate of drug-likeness (QED) is 0.603. The average Bonchev–Trinajstić information content (AvgIpc) is 3.04. The smallest absolute Gasteiger partial charge is 0.306 e. The van der Waals surface area contributed by atoms with Crippen LogP contribution in [0, 0.1) is 0 Å². The van der Waals surface area contributed by atoms with Gasteiger partial charge in [-0.3, -0.25) is 18.6 Å². The highest BCUT2D eigenvalue weighted by atomic mass is 32.3. The highest BCUT2D eigenvalue weighted by molar-refractivity contribution is 8.24. The minimum atomic E-state index is -2.67. The Bertz CT molecular complexity index is 1070. The van der Waals surface area contributed by atoms with Gasteiger partial charge in [0.15, 0.2) is 0 Å². The Hall–Kier alpha value is -2.06. The molecule has 0 spiro atoms. The first-order valence-corrected chi connectivity index (χ1v) is 11.5. The van der Waals surface area contributed by atoms with Crippen LogP contribution in [0.25, 0.3) is 11.0 Å². The van der Waals surface area contributed by atoms with E-state index in [0.29, 0.717) is 10.6 Å². The summed E-state index contributed by atoms with van der Waals surface area (Å²) in [5, 5.41) is 0. The van der Waals surface area contributed by atoms with Gasteiger partial charge in [0.1, 0.15) is 0 Å². The first-order chi connectivity index (χ1) is 13.5. The van der Waals surface area contributed by atoms with Crippen LogP contribution >= 0.6 is 10.6 Å². The summed E-state index contributed by atoms with van der Waals surface area (Å²) in [4.78, 5) is 18.6. The molecular formula is C21H25N3O3S. The second kappa shape index (κ2) is 6.77. The third-order valence-electron chi connectivity index (χ3n) is 6.24. The molecule has 148 valence electrons. The largest absolute Gasteiger partial charge is 0.326 e. The van der Waals surface area contributed by atoms with E-state index in [1.807, 2.05) is 53.1 Å². The summed E-state index contributed by atoms with van der Waals surface area (Å²) >= 11 is 0. The second-order valence-corrected chi connectivity index (χ2v) is 9.98. The zero-order valence-corrected chi connectivity index (χ0v) is 16.4. The lowest BCUT2D eigenvalue weighted by Crippen LogP contribution is -2.40. The van der Waals surface area contributed by atoms with Gasteiger partial charge >= 0.3 is 5.69 Å². The molecule has 0 aliphatic carbocycles. The van der Waals surface area contributed by atoms with Crippen molar-refractivity contribution >= 4 is 21.6 Å². The molecule has 0 bridgehead atoms.